The first-order valence-corrected chi connectivity index (χ1v) is 10.2. The van der Waals surface area contributed by atoms with Crippen molar-refractivity contribution in [2.45, 2.75) is 32.6 Å². The van der Waals surface area contributed by atoms with Crippen molar-refractivity contribution in [2.24, 2.45) is 5.92 Å². The summed E-state index contributed by atoms with van der Waals surface area (Å²) in [5.41, 5.74) is 1.71. The van der Waals surface area contributed by atoms with Crippen molar-refractivity contribution in [2.75, 3.05) is 19.8 Å². The molecular formula is C21H22O5S. The Labute approximate surface area is 162 Å². The summed E-state index contributed by atoms with van der Waals surface area (Å²) in [5, 5.41) is 0. The van der Waals surface area contributed by atoms with Gasteiger partial charge in [0.05, 0.1) is 0 Å². The summed E-state index contributed by atoms with van der Waals surface area (Å²) in [5.74, 6) is 1.20. The van der Waals surface area contributed by atoms with E-state index in [9.17, 15) is 9.59 Å². The third-order valence-corrected chi connectivity index (χ3v) is 6.38. The lowest BCUT2D eigenvalue weighted by atomic mass is 9.87. The van der Waals surface area contributed by atoms with Crippen molar-refractivity contribution in [1.82, 2.24) is 0 Å². The number of hydrogen-bond donors (Lipinski definition) is 0. The summed E-state index contributed by atoms with van der Waals surface area (Å²) in [6.07, 6.45) is 4.41. The second-order valence-corrected chi connectivity index (χ2v) is 8.07. The van der Waals surface area contributed by atoms with Gasteiger partial charge in [-0.05, 0) is 55.0 Å². The van der Waals surface area contributed by atoms with Gasteiger partial charge in [0.2, 0.25) is 0 Å². The molecular weight excluding hydrogens is 364 g/mol. The van der Waals surface area contributed by atoms with E-state index in [1.807, 2.05) is 6.07 Å². The van der Waals surface area contributed by atoms with Crippen molar-refractivity contribution < 1.29 is 23.8 Å². The second kappa shape index (κ2) is 7.72. The minimum absolute atomic E-state index is 0.257. The minimum atomic E-state index is -0.423. The molecule has 2 aliphatic rings. The highest BCUT2D eigenvalue weighted by Crippen LogP contribution is 2.34. The molecule has 0 unspecified atom stereocenters. The lowest BCUT2D eigenvalue weighted by molar-refractivity contribution is 0.0479. The molecule has 2 heterocycles. The van der Waals surface area contributed by atoms with E-state index in [1.54, 1.807) is 18.2 Å². The smallest absolute Gasteiger partial charge is 0.348 e. The predicted octanol–water partition coefficient (Wildman–Crippen LogP) is 4.07. The van der Waals surface area contributed by atoms with E-state index in [0.29, 0.717) is 41.1 Å². The standard InChI is InChI=1S/C21H22O5S/c1-2-13-3-6-19-15(9-13)11-20(27-19)21(23)26-12-16(22)14-4-5-17-18(10-14)25-8-7-24-17/h4-5,10-11,13H,2-3,6-9,12H2,1H3/t13-/m0/s1. The number of ketones is 1. The molecule has 0 saturated carbocycles. The largest absolute Gasteiger partial charge is 0.486 e. The lowest BCUT2D eigenvalue weighted by Gasteiger charge is -2.19. The number of ether oxygens (including phenoxy) is 3. The summed E-state index contributed by atoms with van der Waals surface area (Å²) in [7, 11) is 0. The zero-order valence-electron chi connectivity index (χ0n) is 15.3. The zero-order chi connectivity index (χ0) is 18.8. The van der Waals surface area contributed by atoms with Gasteiger partial charge in [-0.25, -0.2) is 4.79 Å². The molecule has 1 aliphatic heterocycles. The van der Waals surface area contributed by atoms with Gasteiger partial charge in [-0.1, -0.05) is 13.3 Å². The van der Waals surface area contributed by atoms with E-state index in [1.165, 1.54) is 34.6 Å². The van der Waals surface area contributed by atoms with Crippen LogP contribution in [-0.2, 0) is 17.6 Å². The molecule has 1 aliphatic carbocycles. The Hall–Kier alpha value is -2.34. The number of aryl methyl sites for hydroxylation is 1. The van der Waals surface area contributed by atoms with E-state index in [2.05, 4.69) is 6.92 Å². The van der Waals surface area contributed by atoms with E-state index in [4.69, 9.17) is 14.2 Å². The summed E-state index contributed by atoms with van der Waals surface area (Å²) >= 11 is 1.50. The maximum absolute atomic E-state index is 12.4. The van der Waals surface area contributed by atoms with Crippen LogP contribution in [0.3, 0.4) is 0 Å². The molecule has 0 radical (unpaired) electrons. The third-order valence-electron chi connectivity index (χ3n) is 5.16. The first-order valence-electron chi connectivity index (χ1n) is 9.35. The molecule has 142 valence electrons. The molecule has 0 spiro atoms. The molecule has 5 nitrogen and oxygen atoms in total. The second-order valence-electron chi connectivity index (χ2n) is 6.93. The fraction of sp³-hybridized carbons (Fsp3) is 0.429. The predicted molar refractivity (Wildman–Crippen MR) is 102 cm³/mol. The highest BCUT2D eigenvalue weighted by molar-refractivity contribution is 7.14. The van der Waals surface area contributed by atoms with Crippen molar-refractivity contribution >= 4 is 23.1 Å². The van der Waals surface area contributed by atoms with Gasteiger partial charge in [0.15, 0.2) is 23.9 Å². The molecule has 27 heavy (non-hydrogen) atoms. The van der Waals surface area contributed by atoms with Crippen LogP contribution in [0.4, 0.5) is 0 Å². The maximum atomic E-state index is 12.4. The number of benzene rings is 1. The normalized spacial score (nSPS) is 17.9. The van der Waals surface area contributed by atoms with Crippen LogP contribution in [0.2, 0.25) is 0 Å². The van der Waals surface area contributed by atoms with Gasteiger partial charge in [-0.3, -0.25) is 4.79 Å². The van der Waals surface area contributed by atoms with Crippen LogP contribution >= 0.6 is 11.3 Å². The van der Waals surface area contributed by atoms with E-state index in [-0.39, 0.29) is 12.4 Å². The Bertz CT molecular complexity index is 869. The van der Waals surface area contributed by atoms with Gasteiger partial charge in [0, 0.05) is 10.4 Å². The molecule has 1 aromatic carbocycles. The summed E-state index contributed by atoms with van der Waals surface area (Å²) < 4.78 is 16.2. The lowest BCUT2D eigenvalue weighted by Crippen LogP contribution is -2.17. The van der Waals surface area contributed by atoms with Crippen molar-refractivity contribution in [3.63, 3.8) is 0 Å². The molecule has 0 fully saturated rings. The first kappa shape index (κ1) is 18.0. The average molecular weight is 386 g/mol. The Morgan fingerprint density at radius 3 is 2.81 bits per heavy atom. The molecule has 1 aromatic heterocycles. The Kier molecular flexibility index (Phi) is 5.16. The minimum Gasteiger partial charge on any atom is -0.486 e. The number of esters is 1. The fourth-order valence-electron chi connectivity index (χ4n) is 3.55. The van der Waals surface area contributed by atoms with Gasteiger partial charge in [-0.2, -0.15) is 0 Å². The highest BCUT2D eigenvalue weighted by Gasteiger charge is 2.23. The summed E-state index contributed by atoms with van der Waals surface area (Å²) in [6, 6.07) is 6.96. The molecule has 6 heteroatoms. The van der Waals surface area contributed by atoms with E-state index < -0.39 is 5.97 Å². The number of rotatable bonds is 5. The topological polar surface area (TPSA) is 61.8 Å². The SMILES string of the molecule is CC[C@H]1CCc2sc(C(=O)OCC(=O)c3ccc4c(c3)OCCO4)cc2C1. The zero-order valence-corrected chi connectivity index (χ0v) is 16.1. The first-order chi connectivity index (χ1) is 13.1. The Balaban J connectivity index is 1.38. The number of carbonyl (C=O) groups excluding carboxylic acids is 2. The Morgan fingerprint density at radius 1 is 1.19 bits per heavy atom. The molecule has 0 N–H and O–H groups in total. The van der Waals surface area contributed by atoms with Gasteiger partial charge >= 0.3 is 5.97 Å². The van der Waals surface area contributed by atoms with Crippen molar-refractivity contribution in [3.05, 3.63) is 45.1 Å². The number of carbonyl (C=O) groups is 2. The van der Waals surface area contributed by atoms with Crippen LogP contribution in [0, 0.1) is 5.92 Å². The quantitative estimate of drug-likeness (QED) is 0.572. The van der Waals surface area contributed by atoms with Gasteiger partial charge in [0.1, 0.15) is 18.1 Å². The summed E-state index contributed by atoms with van der Waals surface area (Å²) in [4.78, 5) is 26.6. The monoisotopic (exact) mass is 386 g/mol. The Morgan fingerprint density at radius 2 is 2.00 bits per heavy atom. The van der Waals surface area contributed by atoms with Gasteiger partial charge in [-0.15, -0.1) is 11.3 Å². The maximum Gasteiger partial charge on any atom is 0.348 e. The van der Waals surface area contributed by atoms with Crippen LogP contribution in [0.1, 0.15) is 50.2 Å². The van der Waals surface area contributed by atoms with Gasteiger partial charge < -0.3 is 14.2 Å². The van der Waals surface area contributed by atoms with Crippen LogP contribution in [-0.4, -0.2) is 31.6 Å². The summed E-state index contributed by atoms with van der Waals surface area (Å²) in [6.45, 7) is 2.89. The average Bonchev–Trinajstić information content (AvgIpc) is 3.14. The van der Waals surface area contributed by atoms with E-state index >= 15 is 0 Å². The van der Waals surface area contributed by atoms with Crippen molar-refractivity contribution in [3.8, 4) is 11.5 Å². The number of thiophene rings is 1. The van der Waals surface area contributed by atoms with Crippen LogP contribution in [0.25, 0.3) is 0 Å². The molecule has 0 amide bonds. The number of Topliss-reactive ketones (excluding diaryl/α,β-unsaturated/α-hetero) is 1. The number of hydrogen-bond acceptors (Lipinski definition) is 6. The van der Waals surface area contributed by atoms with Crippen molar-refractivity contribution in [1.29, 1.82) is 0 Å². The van der Waals surface area contributed by atoms with Gasteiger partial charge in [0.25, 0.3) is 0 Å². The fourth-order valence-corrected chi connectivity index (χ4v) is 4.65. The highest BCUT2D eigenvalue weighted by atomic mass is 32.1. The molecule has 0 saturated heterocycles. The number of fused-ring (bicyclic) bond motifs is 2. The van der Waals surface area contributed by atoms with E-state index in [0.717, 1.165) is 12.8 Å². The van der Waals surface area contributed by atoms with Crippen LogP contribution in [0.5, 0.6) is 11.5 Å². The molecule has 1 atom stereocenters. The molecule has 0 bridgehead atoms. The van der Waals surface area contributed by atoms with Crippen LogP contribution < -0.4 is 9.47 Å². The van der Waals surface area contributed by atoms with Crippen LogP contribution in [0.15, 0.2) is 24.3 Å². The third kappa shape index (κ3) is 3.86. The molecule has 2 aromatic rings. The molecule has 4 rings (SSSR count).